The Kier molecular flexibility index (Phi) is 4.45. The van der Waals surface area contributed by atoms with Crippen molar-refractivity contribution in [2.45, 2.75) is 29.2 Å². The molecule has 5 atom stereocenters. The molecule has 29 heavy (non-hydrogen) atoms. The van der Waals surface area contributed by atoms with Gasteiger partial charge in [0.1, 0.15) is 23.7 Å². The number of aliphatic hydroxyl groups excluding tert-OH is 1. The van der Waals surface area contributed by atoms with Crippen molar-refractivity contribution in [2.75, 3.05) is 21.3 Å². The summed E-state index contributed by atoms with van der Waals surface area (Å²) in [5.74, 6) is -2.12. The lowest BCUT2D eigenvalue weighted by molar-refractivity contribution is -0.259. The molecule has 0 saturated carbocycles. The number of hydrogen-bond donors (Lipinski definition) is 3. The summed E-state index contributed by atoms with van der Waals surface area (Å²) in [6.45, 7) is 0. The quantitative estimate of drug-likeness (QED) is 0.661. The molecule has 2 aliphatic rings. The van der Waals surface area contributed by atoms with E-state index in [9.17, 15) is 20.1 Å². The van der Waals surface area contributed by atoms with Crippen LogP contribution in [-0.2, 0) is 25.5 Å². The second-order valence-corrected chi connectivity index (χ2v) is 7.12. The number of carbonyl (C=O) groups excluding carboxylic acids is 1. The molecule has 2 aromatic carbocycles. The third-order valence-electron chi connectivity index (χ3n) is 5.91. The Morgan fingerprint density at radius 2 is 1.34 bits per heavy atom. The summed E-state index contributed by atoms with van der Waals surface area (Å²) in [7, 11) is 4.17. The molecule has 3 N–H and O–H groups in total. The maximum Gasteiger partial charge on any atom is 0.269 e. The second kappa shape index (κ2) is 6.51. The third-order valence-corrected chi connectivity index (χ3v) is 5.91. The van der Waals surface area contributed by atoms with Crippen LogP contribution in [0, 0.1) is 0 Å². The molecule has 2 heterocycles. The lowest BCUT2D eigenvalue weighted by atomic mass is 9.66. The SMILES string of the molecule is COc1ccc([C@]2(O)C(=O)[C@@]3(OC)OC2[C@@H](O)[C@@]3(O)c2ccc(OC)cc2)cc1. The van der Waals surface area contributed by atoms with Crippen LogP contribution in [0.3, 0.4) is 0 Å². The first-order valence-electron chi connectivity index (χ1n) is 8.99. The monoisotopic (exact) mass is 402 g/mol. The highest BCUT2D eigenvalue weighted by Crippen LogP contribution is 2.60. The summed E-state index contributed by atoms with van der Waals surface area (Å²) >= 11 is 0. The first-order chi connectivity index (χ1) is 13.8. The van der Waals surface area contributed by atoms with E-state index >= 15 is 0 Å². The topological polar surface area (TPSA) is 115 Å². The number of ether oxygens (including phenoxy) is 4. The Morgan fingerprint density at radius 3 is 1.79 bits per heavy atom. The molecule has 4 rings (SSSR count). The molecule has 8 heteroatoms. The molecule has 0 aliphatic carbocycles. The fraction of sp³-hybridized carbons (Fsp3) is 0.381. The number of hydrogen-bond acceptors (Lipinski definition) is 8. The Hall–Kier alpha value is -2.49. The molecule has 2 saturated heterocycles. The Balaban J connectivity index is 1.82. The zero-order valence-corrected chi connectivity index (χ0v) is 16.2. The molecular formula is C21H22O8. The predicted molar refractivity (Wildman–Crippen MR) is 99.4 cm³/mol. The highest BCUT2D eigenvalue weighted by Gasteiger charge is 2.83. The predicted octanol–water partition coefficient (Wildman–Crippen LogP) is 0.464. The van der Waals surface area contributed by atoms with Crippen LogP contribution in [0.15, 0.2) is 48.5 Å². The first kappa shape index (κ1) is 19.8. The van der Waals surface area contributed by atoms with Gasteiger partial charge in [-0.1, -0.05) is 24.3 Å². The zero-order chi connectivity index (χ0) is 21.0. The van der Waals surface area contributed by atoms with Crippen molar-refractivity contribution in [3.8, 4) is 11.5 Å². The van der Waals surface area contributed by atoms with Crippen LogP contribution in [0.1, 0.15) is 11.1 Å². The number of rotatable bonds is 5. The number of benzene rings is 2. The normalized spacial score (nSPS) is 35.7. The summed E-state index contributed by atoms with van der Waals surface area (Å²) in [6, 6.07) is 12.3. The minimum absolute atomic E-state index is 0.195. The van der Waals surface area contributed by atoms with Gasteiger partial charge in [-0.2, -0.15) is 0 Å². The van der Waals surface area contributed by atoms with Crippen LogP contribution < -0.4 is 9.47 Å². The average Bonchev–Trinajstić information content (AvgIpc) is 3.15. The minimum Gasteiger partial charge on any atom is -0.497 e. The van der Waals surface area contributed by atoms with Crippen LogP contribution in [0.4, 0.5) is 0 Å². The minimum atomic E-state index is -2.29. The molecule has 154 valence electrons. The molecule has 0 spiro atoms. The lowest BCUT2D eigenvalue weighted by Gasteiger charge is -2.44. The standard InChI is InChI=1S/C21H22O8/c1-26-14-8-4-12(5-9-14)19(24)17-16(22)20(25,21(28-3,29-17)18(19)23)13-6-10-15(27-2)11-7-13/h4-11,16-17,22,24-25H,1-3H3/t16-,17?,19-,20+,21-/m1/s1. The molecule has 0 radical (unpaired) electrons. The number of fused-ring (bicyclic) bond motifs is 2. The lowest BCUT2D eigenvalue weighted by Crippen LogP contribution is -2.68. The van der Waals surface area contributed by atoms with Crippen LogP contribution >= 0.6 is 0 Å². The first-order valence-corrected chi connectivity index (χ1v) is 8.99. The molecule has 2 aliphatic heterocycles. The van der Waals surface area contributed by atoms with Crippen molar-refractivity contribution in [1.29, 1.82) is 0 Å². The van der Waals surface area contributed by atoms with Crippen molar-refractivity contribution in [1.82, 2.24) is 0 Å². The van der Waals surface area contributed by atoms with Crippen molar-refractivity contribution in [3.05, 3.63) is 59.7 Å². The fourth-order valence-electron chi connectivity index (χ4n) is 4.31. The summed E-state index contributed by atoms with van der Waals surface area (Å²) < 4.78 is 21.3. The highest BCUT2D eigenvalue weighted by molar-refractivity contribution is 6.00. The van der Waals surface area contributed by atoms with Gasteiger partial charge in [0, 0.05) is 7.11 Å². The van der Waals surface area contributed by atoms with E-state index in [4.69, 9.17) is 18.9 Å². The van der Waals surface area contributed by atoms with Gasteiger partial charge in [-0.15, -0.1) is 0 Å². The molecule has 2 bridgehead atoms. The van der Waals surface area contributed by atoms with E-state index < -0.39 is 35.0 Å². The van der Waals surface area contributed by atoms with Crippen molar-refractivity contribution >= 4 is 5.78 Å². The van der Waals surface area contributed by atoms with Gasteiger partial charge in [0.15, 0.2) is 11.2 Å². The van der Waals surface area contributed by atoms with Crippen molar-refractivity contribution in [3.63, 3.8) is 0 Å². The van der Waals surface area contributed by atoms with Crippen LogP contribution in [0.2, 0.25) is 0 Å². The summed E-state index contributed by atoms with van der Waals surface area (Å²) in [5.41, 5.74) is -4.04. The molecule has 0 amide bonds. The van der Waals surface area contributed by atoms with Crippen molar-refractivity contribution < 1.29 is 39.1 Å². The maximum absolute atomic E-state index is 13.4. The van der Waals surface area contributed by atoms with E-state index in [1.54, 1.807) is 24.3 Å². The summed E-state index contributed by atoms with van der Waals surface area (Å²) in [6.07, 6.45) is -3.10. The number of carbonyl (C=O) groups is 1. The second-order valence-electron chi connectivity index (χ2n) is 7.12. The van der Waals surface area contributed by atoms with E-state index in [1.165, 1.54) is 45.6 Å². The van der Waals surface area contributed by atoms with Gasteiger partial charge in [0.2, 0.25) is 5.78 Å². The van der Waals surface area contributed by atoms with Crippen LogP contribution in [-0.4, -0.2) is 60.4 Å². The molecule has 2 aromatic rings. The van der Waals surface area contributed by atoms with Gasteiger partial charge < -0.3 is 34.3 Å². The summed E-state index contributed by atoms with van der Waals surface area (Å²) in [5, 5.41) is 33.8. The Bertz CT molecular complexity index is 927. The number of methoxy groups -OCH3 is 3. The van der Waals surface area contributed by atoms with Gasteiger partial charge >= 0.3 is 0 Å². The van der Waals surface area contributed by atoms with Gasteiger partial charge in [0.05, 0.1) is 14.2 Å². The van der Waals surface area contributed by atoms with E-state index in [-0.39, 0.29) is 11.1 Å². The maximum atomic E-state index is 13.4. The number of Topliss-reactive ketones (excluding diaryl/α,β-unsaturated/α-hetero) is 1. The molecule has 1 unspecified atom stereocenters. The smallest absolute Gasteiger partial charge is 0.269 e. The molecular weight excluding hydrogens is 380 g/mol. The van der Waals surface area contributed by atoms with Crippen LogP contribution in [0.5, 0.6) is 11.5 Å². The van der Waals surface area contributed by atoms with Gasteiger partial charge in [-0.05, 0) is 35.4 Å². The van der Waals surface area contributed by atoms with Gasteiger partial charge in [-0.3, -0.25) is 4.79 Å². The Labute approximate surface area is 167 Å². The number of ketones is 1. The molecule has 8 nitrogen and oxygen atoms in total. The average molecular weight is 402 g/mol. The van der Waals surface area contributed by atoms with Gasteiger partial charge in [0.25, 0.3) is 5.79 Å². The highest BCUT2D eigenvalue weighted by atomic mass is 16.7. The van der Waals surface area contributed by atoms with Gasteiger partial charge in [-0.25, -0.2) is 0 Å². The summed E-state index contributed by atoms with van der Waals surface area (Å²) in [4.78, 5) is 13.4. The number of aliphatic hydroxyl groups is 3. The fourth-order valence-corrected chi connectivity index (χ4v) is 4.31. The van der Waals surface area contributed by atoms with E-state index in [2.05, 4.69) is 0 Å². The largest absolute Gasteiger partial charge is 0.497 e. The zero-order valence-electron chi connectivity index (χ0n) is 16.2. The van der Waals surface area contributed by atoms with E-state index in [1.807, 2.05) is 0 Å². The van der Waals surface area contributed by atoms with E-state index in [0.717, 1.165) is 0 Å². The van der Waals surface area contributed by atoms with Crippen molar-refractivity contribution in [2.24, 2.45) is 0 Å². The van der Waals surface area contributed by atoms with E-state index in [0.29, 0.717) is 11.5 Å². The Morgan fingerprint density at radius 1 is 0.862 bits per heavy atom. The van der Waals surface area contributed by atoms with Crippen LogP contribution in [0.25, 0.3) is 0 Å². The third kappa shape index (κ3) is 2.29. The molecule has 2 fully saturated rings. The molecule has 0 aromatic heterocycles.